The van der Waals surface area contributed by atoms with Gasteiger partial charge in [-0.3, -0.25) is 0 Å². The van der Waals surface area contributed by atoms with E-state index >= 15 is 0 Å². The molecule has 7 heteroatoms. The topological polar surface area (TPSA) is 76.6 Å². The third-order valence-corrected chi connectivity index (χ3v) is 5.46. The highest BCUT2D eigenvalue weighted by atomic mass is 16.6. The van der Waals surface area contributed by atoms with Crippen molar-refractivity contribution < 1.29 is 14.3 Å². The number of para-hydroxylation sites is 1. The van der Waals surface area contributed by atoms with E-state index in [0.717, 1.165) is 49.4 Å². The number of hydrogen-bond donors (Lipinski definition) is 1. The van der Waals surface area contributed by atoms with E-state index in [9.17, 15) is 4.79 Å². The molecule has 1 N–H and O–H groups in total. The summed E-state index contributed by atoms with van der Waals surface area (Å²) in [6, 6.07) is 7.46. The second kappa shape index (κ2) is 8.78. The first kappa shape index (κ1) is 19.6. The number of aromatic nitrogens is 2. The van der Waals surface area contributed by atoms with Gasteiger partial charge in [0.25, 0.3) is 0 Å². The highest BCUT2D eigenvalue weighted by Gasteiger charge is 2.26. The van der Waals surface area contributed by atoms with Crippen LogP contribution in [0.25, 0.3) is 11.4 Å². The fraction of sp³-hybridized carbons (Fsp3) is 0.500. The van der Waals surface area contributed by atoms with Gasteiger partial charge in [-0.25, -0.2) is 14.8 Å². The number of nitrogens with zero attached hydrogens (tertiary/aromatic N) is 3. The Kier molecular flexibility index (Phi) is 5.94. The minimum Gasteiger partial charge on any atom is -0.410 e. The van der Waals surface area contributed by atoms with Gasteiger partial charge < -0.3 is 19.7 Å². The molecule has 0 saturated carbocycles. The number of morpholine rings is 1. The Labute approximate surface area is 171 Å². The van der Waals surface area contributed by atoms with Crippen LogP contribution in [-0.2, 0) is 17.6 Å². The van der Waals surface area contributed by atoms with Crippen LogP contribution >= 0.6 is 0 Å². The summed E-state index contributed by atoms with van der Waals surface area (Å²) in [6.45, 7) is 7.71. The Morgan fingerprint density at radius 3 is 2.86 bits per heavy atom. The summed E-state index contributed by atoms with van der Waals surface area (Å²) in [5, 5.41) is 2.67. The molecule has 1 atom stereocenters. The van der Waals surface area contributed by atoms with Crippen LogP contribution in [0.5, 0.6) is 5.75 Å². The summed E-state index contributed by atoms with van der Waals surface area (Å²) in [5.41, 5.74) is 3.10. The molecule has 2 aromatic rings. The third kappa shape index (κ3) is 4.34. The van der Waals surface area contributed by atoms with Crippen molar-refractivity contribution in [2.24, 2.45) is 5.92 Å². The predicted molar refractivity (Wildman–Crippen MR) is 111 cm³/mol. The second-order valence-corrected chi connectivity index (χ2v) is 7.66. The van der Waals surface area contributed by atoms with Gasteiger partial charge in [0.15, 0.2) is 5.82 Å². The Morgan fingerprint density at radius 1 is 1.28 bits per heavy atom. The molecule has 0 radical (unpaired) electrons. The van der Waals surface area contributed by atoms with E-state index in [1.165, 1.54) is 5.56 Å². The van der Waals surface area contributed by atoms with E-state index in [4.69, 9.17) is 19.4 Å². The molecule has 0 spiro atoms. The number of amides is 1. The number of carbonyl (C=O) groups is 1. The molecule has 7 nitrogen and oxygen atoms in total. The molecular formula is C22H28N4O3. The van der Waals surface area contributed by atoms with Gasteiger partial charge in [0.2, 0.25) is 0 Å². The molecule has 1 aliphatic heterocycles. The summed E-state index contributed by atoms with van der Waals surface area (Å²) in [6.07, 6.45) is 2.63. The smallest absolute Gasteiger partial charge is 0.410 e. The van der Waals surface area contributed by atoms with Crippen molar-refractivity contribution in [3.8, 4) is 17.1 Å². The van der Waals surface area contributed by atoms with E-state index in [0.29, 0.717) is 37.3 Å². The molecule has 1 amide bonds. The number of hydrogen-bond acceptors (Lipinski definition) is 6. The van der Waals surface area contributed by atoms with Crippen LogP contribution in [0.1, 0.15) is 31.5 Å². The van der Waals surface area contributed by atoms with Gasteiger partial charge in [-0.15, -0.1) is 0 Å². The molecular weight excluding hydrogens is 368 g/mol. The maximum Gasteiger partial charge on any atom is 0.412 e. The van der Waals surface area contributed by atoms with Crippen molar-refractivity contribution in [1.29, 1.82) is 0 Å². The Bertz CT molecular complexity index is 880. The summed E-state index contributed by atoms with van der Waals surface area (Å²) in [7, 11) is 0. The second-order valence-electron chi connectivity index (χ2n) is 7.66. The molecule has 1 aromatic heterocycles. The fourth-order valence-corrected chi connectivity index (χ4v) is 3.94. The van der Waals surface area contributed by atoms with Gasteiger partial charge in [0.1, 0.15) is 11.6 Å². The monoisotopic (exact) mass is 396 g/mol. The first-order valence-electron chi connectivity index (χ1n) is 10.4. The summed E-state index contributed by atoms with van der Waals surface area (Å²) in [4.78, 5) is 24.2. The molecule has 1 unspecified atom stereocenters. The average Bonchev–Trinajstić information content (AvgIpc) is 2.74. The number of rotatable bonds is 4. The Morgan fingerprint density at radius 2 is 2.07 bits per heavy atom. The van der Waals surface area contributed by atoms with Crippen molar-refractivity contribution in [3.63, 3.8) is 0 Å². The lowest BCUT2D eigenvalue weighted by atomic mass is 9.88. The van der Waals surface area contributed by atoms with E-state index in [-0.39, 0.29) is 0 Å². The maximum atomic E-state index is 12.0. The van der Waals surface area contributed by atoms with Crippen molar-refractivity contribution in [3.05, 3.63) is 35.5 Å². The van der Waals surface area contributed by atoms with Crippen LogP contribution < -0.4 is 15.0 Å². The van der Waals surface area contributed by atoms with Crippen LogP contribution in [0.15, 0.2) is 24.3 Å². The van der Waals surface area contributed by atoms with Gasteiger partial charge in [-0.05, 0) is 44.2 Å². The first-order valence-corrected chi connectivity index (χ1v) is 10.4. The number of ether oxygens (including phenoxy) is 2. The van der Waals surface area contributed by atoms with Gasteiger partial charge in [-0.1, -0.05) is 19.1 Å². The number of carbonyl (C=O) groups excluding carboxylic acids is 1. The molecule has 4 rings (SSSR count). The Balaban J connectivity index is 1.76. The van der Waals surface area contributed by atoms with E-state index in [2.05, 4.69) is 17.1 Å². The highest BCUT2D eigenvalue weighted by Crippen LogP contribution is 2.35. The largest absolute Gasteiger partial charge is 0.412 e. The summed E-state index contributed by atoms with van der Waals surface area (Å²) in [5.74, 6) is 2.69. The standard InChI is InChI=1S/C22H28N4O3/c1-3-23-22(27)29-19-7-5-4-6-17(19)20-24-18-14-15(2)8-9-16(18)21(25-20)26-10-12-28-13-11-26/h4-7,15H,3,8-14H2,1-2H3,(H,23,27). The first-order chi connectivity index (χ1) is 14.2. The van der Waals surface area contributed by atoms with Crippen LogP contribution in [-0.4, -0.2) is 48.9 Å². The number of anilines is 1. The van der Waals surface area contributed by atoms with Crippen LogP contribution in [0.4, 0.5) is 10.6 Å². The molecule has 2 heterocycles. The minimum atomic E-state index is -0.472. The van der Waals surface area contributed by atoms with Crippen molar-refractivity contribution in [1.82, 2.24) is 15.3 Å². The minimum absolute atomic E-state index is 0.468. The lowest BCUT2D eigenvalue weighted by Gasteiger charge is -2.32. The summed E-state index contributed by atoms with van der Waals surface area (Å²) < 4.78 is 11.1. The van der Waals surface area contributed by atoms with Crippen molar-refractivity contribution >= 4 is 11.9 Å². The third-order valence-electron chi connectivity index (χ3n) is 5.46. The molecule has 2 aliphatic rings. The molecule has 1 aliphatic carbocycles. The molecule has 29 heavy (non-hydrogen) atoms. The molecule has 0 bridgehead atoms. The zero-order chi connectivity index (χ0) is 20.2. The zero-order valence-corrected chi connectivity index (χ0v) is 17.1. The zero-order valence-electron chi connectivity index (χ0n) is 17.1. The van der Waals surface area contributed by atoms with Gasteiger partial charge in [0.05, 0.1) is 24.5 Å². The lowest BCUT2D eigenvalue weighted by Crippen LogP contribution is -2.38. The van der Waals surface area contributed by atoms with Crippen LogP contribution in [0, 0.1) is 5.92 Å². The quantitative estimate of drug-likeness (QED) is 0.855. The Hall–Kier alpha value is -2.67. The normalized spacial score (nSPS) is 18.8. The summed E-state index contributed by atoms with van der Waals surface area (Å²) >= 11 is 0. The maximum absolute atomic E-state index is 12.0. The molecule has 1 saturated heterocycles. The molecule has 154 valence electrons. The van der Waals surface area contributed by atoms with Crippen molar-refractivity contribution in [2.45, 2.75) is 33.1 Å². The van der Waals surface area contributed by atoms with Gasteiger partial charge >= 0.3 is 6.09 Å². The molecule has 1 fully saturated rings. The van der Waals surface area contributed by atoms with Crippen LogP contribution in [0.2, 0.25) is 0 Å². The number of nitrogens with one attached hydrogen (secondary N) is 1. The number of benzene rings is 1. The SMILES string of the molecule is CCNC(=O)Oc1ccccc1-c1nc2c(c(N3CCOCC3)n1)CCC(C)C2. The fourth-order valence-electron chi connectivity index (χ4n) is 3.94. The average molecular weight is 396 g/mol. The van der Waals surface area contributed by atoms with Crippen molar-refractivity contribution in [2.75, 3.05) is 37.7 Å². The predicted octanol–water partition coefficient (Wildman–Crippen LogP) is 3.21. The number of fused-ring (bicyclic) bond motifs is 1. The highest BCUT2D eigenvalue weighted by molar-refractivity contribution is 5.75. The van der Waals surface area contributed by atoms with Gasteiger partial charge in [0, 0.05) is 25.2 Å². The van der Waals surface area contributed by atoms with E-state index in [1.807, 2.05) is 25.1 Å². The molecule has 1 aromatic carbocycles. The lowest BCUT2D eigenvalue weighted by molar-refractivity contribution is 0.122. The van der Waals surface area contributed by atoms with Crippen LogP contribution in [0.3, 0.4) is 0 Å². The van der Waals surface area contributed by atoms with E-state index in [1.54, 1.807) is 6.07 Å². The van der Waals surface area contributed by atoms with E-state index < -0.39 is 6.09 Å². The van der Waals surface area contributed by atoms with Gasteiger partial charge in [-0.2, -0.15) is 0 Å².